The molecule has 2 fully saturated rings. The Kier molecular flexibility index (Phi) is 7.00. The van der Waals surface area contributed by atoms with E-state index in [2.05, 4.69) is 5.32 Å². The molecular weight excluding hydrogens is 457 g/mol. The second kappa shape index (κ2) is 9.13. The van der Waals surface area contributed by atoms with E-state index >= 15 is 0 Å². The fourth-order valence-corrected chi connectivity index (χ4v) is 4.35. The maximum atomic E-state index is 14.7. The van der Waals surface area contributed by atoms with Crippen LogP contribution in [0.15, 0.2) is 12.1 Å². The van der Waals surface area contributed by atoms with E-state index in [9.17, 15) is 40.3 Å². The molecule has 2 N–H and O–H groups in total. The lowest BCUT2D eigenvalue weighted by Gasteiger charge is -2.24. The normalized spacial score (nSPS) is 18.7. The quantitative estimate of drug-likeness (QED) is 0.472. The number of nitrogens with one attached hydrogen (secondary N) is 2. The Bertz CT molecular complexity index is 893. The van der Waals surface area contributed by atoms with Crippen molar-refractivity contribution in [3.05, 3.63) is 29.1 Å². The maximum Gasteiger partial charge on any atom is 0.416 e. The van der Waals surface area contributed by atoms with Gasteiger partial charge in [0.2, 0.25) is 11.8 Å². The fraction of sp³-hybridized carbons (Fsp3) is 0.636. The van der Waals surface area contributed by atoms with E-state index < -0.39 is 65.2 Å². The molecule has 0 saturated heterocycles. The van der Waals surface area contributed by atoms with Crippen molar-refractivity contribution >= 4 is 17.5 Å². The SMILES string of the molecule is CC(C(=O)NCC(F)(F)F)c1cc(F)c(NC(=O)[C@@H](C)C(C2CC2)C2CC2)cc1C(F)(F)F. The molecule has 0 heterocycles. The number of amides is 2. The molecule has 184 valence electrons. The second-order valence-corrected chi connectivity index (χ2v) is 9.00. The summed E-state index contributed by atoms with van der Waals surface area (Å²) >= 11 is 0. The summed E-state index contributed by atoms with van der Waals surface area (Å²) in [4.78, 5) is 24.7. The second-order valence-electron chi connectivity index (χ2n) is 9.00. The molecule has 2 aliphatic carbocycles. The van der Waals surface area contributed by atoms with Crippen LogP contribution >= 0.6 is 0 Å². The van der Waals surface area contributed by atoms with E-state index in [0.29, 0.717) is 24.0 Å². The molecule has 2 atom stereocenters. The summed E-state index contributed by atoms with van der Waals surface area (Å²) in [5.74, 6) is -4.45. The van der Waals surface area contributed by atoms with Crippen LogP contribution in [-0.4, -0.2) is 24.5 Å². The van der Waals surface area contributed by atoms with Crippen LogP contribution in [0.2, 0.25) is 0 Å². The number of benzene rings is 1. The van der Waals surface area contributed by atoms with Crippen molar-refractivity contribution in [1.82, 2.24) is 5.32 Å². The van der Waals surface area contributed by atoms with Crippen molar-refractivity contribution in [2.75, 3.05) is 11.9 Å². The summed E-state index contributed by atoms with van der Waals surface area (Å²) in [5.41, 5.74) is -2.90. The number of hydrogen-bond acceptors (Lipinski definition) is 2. The van der Waals surface area contributed by atoms with E-state index in [0.717, 1.165) is 32.6 Å². The van der Waals surface area contributed by atoms with E-state index in [-0.39, 0.29) is 5.92 Å². The van der Waals surface area contributed by atoms with Crippen molar-refractivity contribution in [3.8, 4) is 0 Å². The molecule has 2 amide bonds. The minimum absolute atomic E-state index is 0.103. The van der Waals surface area contributed by atoms with Crippen molar-refractivity contribution in [3.63, 3.8) is 0 Å². The first-order valence-electron chi connectivity index (χ1n) is 10.7. The van der Waals surface area contributed by atoms with Crippen LogP contribution in [0.5, 0.6) is 0 Å². The van der Waals surface area contributed by atoms with Crippen LogP contribution in [0.3, 0.4) is 0 Å². The molecule has 1 aromatic rings. The van der Waals surface area contributed by atoms with Gasteiger partial charge in [0.1, 0.15) is 12.4 Å². The smallest absolute Gasteiger partial charge is 0.346 e. The predicted octanol–water partition coefficient (Wildman–Crippen LogP) is 5.64. The Balaban J connectivity index is 1.82. The highest BCUT2D eigenvalue weighted by atomic mass is 19.4. The lowest BCUT2D eigenvalue weighted by atomic mass is 9.84. The van der Waals surface area contributed by atoms with Crippen LogP contribution in [-0.2, 0) is 15.8 Å². The predicted molar refractivity (Wildman–Crippen MR) is 106 cm³/mol. The van der Waals surface area contributed by atoms with Crippen LogP contribution in [0.1, 0.15) is 56.6 Å². The molecule has 33 heavy (non-hydrogen) atoms. The first-order valence-corrected chi connectivity index (χ1v) is 10.7. The molecule has 0 aliphatic heterocycles. The van der Waals surface area contributed by atoms with Gasteiger partial charge in [0.25, 0.3) is 0 Å². The molecule has 11 heteroatoms. The molecule has 0 aromatic heterocycles. The Morgan fingerprint density at radius 3 is 1.97 bits per heavy atom. The van der Waals surface area contributed by atoms with Gasteiger partial charge in [-0.15, -0.1) is 0 Å². The molecule has 0 bridgehead atoms. The summed E-state index contributed by atoms with van der Waals surface area (Å²) in [6.07, 6.45) is -5.81. The topological polar surface area (TPSA) is 58.2 Å². The lowest BCUT2D eigenvalue weighted by molar-refractivity contribution is -0.141. The van der Waals surface area contributed by atoms with Gasteiger partial charge in [-0.25, -0.2) is 4.39 Å². The lowest BCUT2D eigenvalue weighted by Crippen LogP contribution is -2.36. The molecule has 2 saturated carbocycles. The minimum atomic E-state index is -5.03. The third-order valence-electron chi connectivity index (χ3n) is 6.35. The zero-order valence-corrected chi connectivity index (χ0v) is 18.0. The van der Waals surface area contributed by atoms with Gasteiger partial charge in [-0.05, 0) is 68.1 Å². The van der Waals surface area contributed by atoms with Crippen LogP contribution in [0, 0.1) is 29.5 Å². The summed E-state index contributed by atoms with van der Waals surface area (Å²) < 4.78 is 92.7. The third kappa shape index (κ3) is 6.38. The highest BCUT2D eigenvalue weighted by Gasteiger charge is 2.46. The van der Waals surface area contributed by atoms with Crippen LogP contribution in [0.25, 0.3) is 0 Å². The van der Waals surface area contributed by atoms with Gasteiger partial charge in [-0.2, -0.15) is 26.3 Å². The molecule has 3 rings (SSSR count). The molecule has 0 radical (unpaired) electrons. The van der Waals surface area contributed by atoms with Crippen molar-refractivity contribution in [1.29, 1.82) is 0 Å². The third-order valence-corrected chi connectivity index (χ3v) is 6.35. The van der Waals surface area contributed by atoms with Gasteiger partial charge in [-0.1, -0.05) is 6.92 Å². The average Bonchev–Trinajstić information content (AvgIpc) is 3.60. The fourth-order valence-electron chi connectivity index (χ4n) is 4.35. The number of halogens is 7. The molecule has 2 aliphatic rings. The summed E-state index contributed by atoms with van der Waals surface area (Å²) in [6.45, 7) is 0.905. The first kappa shape index (κ1) is 25.3. The number of carbonyl (C=O) groups is 2. The van der Waals surface area contributed by atoms with Crippen LogP contribution < -0.4 is 10.6 Å². The molecule has 0 spiro atoms. The number of alkyl halides is 6. The standard InChI is InChI=1S/C22H25F7N2O2/c1-10(19(32)30-9-21(24,25)26)14-7-16(23)17(8-15(14)22(27,28)29)31-20(33)11(2)18(12-3-4-12)13-5-6-13/h7-8,10-13,18H,3-6,9H2,1-2H3,(H,30,32)(H,31,33)/t10?,11-/m0/s1. The number of rotatable bonds is 8. The Hall–Kier alpha value is -2.33. The molecule has 1 unspecified atom stereocenters. The average molecular weight is 482 g/mol. The van der Waals surface area contributed by atoms with Gasteiger partial charge >= 0.3 is 12.4 Å². The molecule has 4 nitrogen and oxygen atoms in total. The van der Waals surface area contributed by atoms with Crippen LogP contribution in [0.4, 0.5) is 36.4 Å². The first-order chi connectivity index (χ1) is 15.2. The highest BCUT2D eigenvalue weighted by molar-refractivity contribution is 5.93. The minimum Gasteiger partial charge on any atom is -0.346 e. The van der Waals surface area contributed by atoms with Gasteiger partial charge in [0, 0.05) is 5.92 Å². The van der Waals surface area contributed by atoms with E-state index in [4.69, 9.17) is 0 Å². The Morgan fingerprint density at radius 2 is 1.52 bits per heavy atom. The van der Waals surface area contributed by atoms with Crippen molar-refractivity contribution in [2.24, 2.45) is 23.7 Å². The van der Waals surface area contributed by atoms with Gasteiger partial charge in [0.15, 0.2) is 0 Å². The number of anilines is 1. The van der Waals surface area contributed by atoms with E-state index in [1.54, 1.807) is 6.92 Å². The van der Waals surface area contributed by atoms with Gasteiger partial charge in [0.05, 0.1) is 17.2 Å². The maximum absolute atomic E-state index is 14.7. The number of hydrogen-bond donors (Lipinski definition) is 2. The highest BCUT2D eigenvalue weighted by Crippen LogP contribution is 2.52. The van der Waals surface area contributed by atoms with E-state index in [1.807, 2.05) is 0 Å². The Labute approximate surface area is 186 Å². The van der Waals surface area contributed by atoms with Crippen molar-refractivity contribution in [2.45, 2.75) is 57.8 Å². The molecule has 1 aromatic carbocycles. The summed E-state index contributed by atoms with van der Waals surface area (Å²) in [6, 6.07) is 0.840. The summed E-state index contributed by atoms with van der Waals surface area (Å²) in [7, 11) is 0. The van der Waals surface area contributed by atoms with Gasteiger partial charge in [-0.3, -0.25) is 9.59 Å². The molecular formula is C22H25F7N2O2. The zero-order valence-electron chi connectivity index (χ0n) is 18.0. The van der Waals surface area contributed by atoms with E-state index in [1.165, 1.54) is 5.32 Å². The Morgan fingerprint density at radius 1 is 0.970 bits per heavy atom. The van der Waals surface area contributed by atoms with Crippen molar-refractivity contribution < 1.29 is 40.3 Å². The monoisotopic (exact) mass is 482 g/mol. The van der Waals surface area contributed by atoms with Gasteiger partial charge < -0.3 is 10.6 Å². The number of carbonyl (C=O) groups excluding carboxylic acids is 2. The summed E-state index contributed by atoms with van der Waals surface area (Å²) in [5, 5.41) is 3.75. The zero-order chi connectivity index (χ0) is 24.7. The largest absolute Gasteiger partial charge is 0.416 e.